The van der Waals surface area contributed by atoms with Gasteiger partial charge >= 0.3 is 0 Å². The highest BCUT2D eigenvalue weighted by molar-refractivity contribution is 7.15. The number of rotatable bonds is 6. The molecule has 12 heteroatoms. The van der Waals surface area contributed by atoms with Crippen molar-refractivity contribution in [3.05, 3.63) is 40.8 Å². The number of alkyl halides is 2. The molecule has 3 aromatic rings. The molecule has 1 aliphatic heterocycles. The first-order chi connectivity index (χ1) is 18.1. The third-order valence-electron chi connectivity index (χ3n) is 6.16. The van der Waals surface area contributed by atoms with Gasteiger partial charge in [-0.1, -0.05) is 31.1 Å². The minimum Gasteiger partial charge on any atom is -0.494 e. The van der Waals surface area contributed by atoms with Gasteiger partial charge in [0.1, 0.15) is 17.3 Å². The molecular formula is C26H24F2N6O3S. The molecule has 38 heavy (non-hydrogen) atoms. The number of methoxy groups -OCH3 is 1. The Morgan fingerprint density at radius 3 is 2.66 bits per heavy atom. The summed E-state index contributed by atoms with van der Waals surface area (Å²) in [6.07, 6.45) is 2.15. The van der Waals surface area contributed by atoms with Gasteiger partial charge in [0.05, 0.1) is 18.9 Å². The van der Waals surface area contributed by atoms with Crippen LogP contribution in [0.4, 0.5) is 19.7 Å². The highest BCUT2D eigenvalue weighted by Crippen LogP contribution is 2.39. The molecule has 5 rings (SSSR count). The zero-order chi connectivity index (χ0) is 27.0. The molecule has 3 aromatic heterocycles. The Balaban J connectivity index is 1.54. The SMILES string of the molecule is COc1cnc(C(F)F)cc1-c1cc(N2CC(C)(C)CC2=O)ncc1C(=O)Nc1nnc(C#CC2CC2)s1. The molecule has 0 radical (unpaired) electrons. The van der Waals surface area contributed by atoms with Gasteiger partial charge in [-0.3, -0.25) is 24.8 Å². The van der Waals surface area contributed by atoms with Crippen LogP contribution in [-0.4, -0.2) is 45.6 Å². The van der Waals surface area contributed by atoms with E-state index in [2.05, 4.69) is 37.3 Å². The fourth-order valence-corrected chi connectivity index (χ4v) is 4.71. The lowest BCUT2D eigenvalue weighted by Crippen LogP contribution is -2.27. The van der Waals surface area contributed by atoms with E-state index in [-0.39, 0.29) is 38.9 Å². The van der Waals surface area contributed by atoms with Crippen LogP contribution in [0.2, 0.25) is 0 Å². The van der Waals surface area contributed by atoms with Crippen LogP contribution in [0, 0.1) is 23.2 Å². The van der Waals surface area contributed by atoms with Crippen molar-refractivity contribution in [1.29, 1.82) is 0 Å². The summed E-state index contributed by atoms with van der Waals surface area (Å²) in [6, 6.07) is 2.71. The van der Waals surface area contributed by atoms with E-state index in [1.54, 1.807) is 0 Å². The molecule has 9 nitrogen and oxygen atoms in total. The first kappa shape index (κ1) is 25.7. The van der Waals surface area contributed by atoms with Gasteiger partial charge in [-0.25, -0.2) is 13.8 Å². The monoisotopic (exact) mass is 538 g/mol. The van der Waals surface area contributed by atoms with Crippen molar-refractivity contribution in [2.75, 3.05) is 23.9 Å². The van der Waals surface area contributed by atoms with E-state index >= 15 is 0 Å². The molecule has 4 heterocycles. The van der Waals surface area contributed by atoms with Crippen LogP contribution in [0.25, 0.3) is 11.1 Å². The minimum absolute atomic E-state index is 0.0742. The molecule has 1 saturated carbocycles. The summed E-state index contributed by atoms with van der Waals surface area (Å²) in [6.45, 7) is 4.37. The quantitative estimate of drug-likeness (QED) is 0.452. The van der Waals surface area contributed by atoms with Gasteiger partial charge in [0.2, 0.25) is 11.0 Å². The van der Waals surface area contributed by atoms with Crippen LogP contribution in [0.15, 0.2) is 24.5 Å². The van der Waals surface area contributed by atoms with Crippen molar-refractivity contribution in [1.82, 2.24) is 20.2 Å². The number of nitrogens with zero attached hydrogens (tertiary/aromatic N) is 5. The first-order valence-electron chi connectivity index (χ1n) is 11.9. The average Bonchev–Trinajstić information content (AvgIpc) is 3.54. The smallest absolute Gasteiger partial charge is 0.280 e. The normalized spacial score (nSPS) is 16.4. The van der Waals surface area contributed by atoms with Crippen LogP contribution < -0.4 is 15.0 Å². The molecule has 1 aliphatic carbocycles. The number of ether oxygens (including phenoxy) is 1. The molecule has 0 spiro atoms. The van der Waals surface area contributed by atoms with Crippen LogP contribution in [-0.2, 0) is 4.79 Å². The van der Waals surface area contributed by atoms with E-state index in [0.717, 1.165) is 24.2 Å². The molecular weight excluding hydrogens is 514 g/mol. The number of pyridine rings is 2. The number of anilines is 2. The number of halogens is 2. The Labute approximate surface area is 221 Å². The molecule has 2 amide bonds. The van der Waals surface area contributed by atoms with Gasteiger partial charge in [0.25, 0.3) is 12.3 Å². The molecule has 0 atom stereocenters. The van der Waals surface area contributed by atoms with Crippen LogP contribution in [0.1, 0.15) is 60.6 Å². The molecule has 0 bridgehead atoms. The molecule has 196 valence electrons. The predicted molar refractivity (Wildman–Crippen MR) is 137 cm³/mol. The van der Waals surface area contributed by atoms with Gasteiger partial charge in [-0.2, -0.15) is 0 Å². The zero-order valence-corrected chi connectivity index (χ0v) is 21.7. The number of nitrogens with one attached hydrogen (secondary N) is 1. The zero-order valence-electron chi connectivity index (χ0n) is 20.9. The molecule has 1 saturated heterocycles. The van der Waals surface area contributed by atoms with E-state index < -0.39 is 18.0 Å². The average molecular weight is 539 g/mol. The summed E-state index contributed by atoms with van der Waals surface area (Å²) < 4.78 is 32.5. The maximum Gasteiger partial charge on any atom is 0.280 e. The standard InChI is InChI=1S/C26H24F2N6O3S/c1-26(2)10-22(35)34(13-26)20-9-15(16-8-18(23(27)28)29-12-19(16)37-3)17(11-30-20)24(36)31-25-33-32-21(38-25)7-6-14-4-5-14/h8-9,11-12,14,23H,4-5,10,13H2,1-3H3,(H,31,33,36). The number of aromatic nitrogens is 4. The minimum atomic E-state index is -2.84. The van der Waals surface area contributed by atoms with E-state index in [0.29, 0.717) is 29.7 Å². The fraction of sp³-hybridized carbons (Fsp3) is 0.385. The Hall–Kier alpha value is -3.98. The Kier molecular flexibility index (Phi) is 6.79. The van der Waals surface area contributed by atoms with Gasteiger partial charge in [0, 0.05) is 36.2 Å². The second kappa shape index (κ2) is 10.1. The first-order valence-corrected chi connectivity index (χ1v) is 12.7. The van der Waals surface area contributed by atoms with Gasteiger partial charge in [-0.05, 0) is 36.3 Å². The van der Waals surface area contributed by atoms with Gasteiger partial charge < -0.3 is 4.74 Å². The summed E-state index contributed by atoms with van der Waals surface area (Å²) in [5.41, 5.74) is -0.198. The van der Waals surface area contributed by atoms with Crippen molar-refractivity contribution in [2.24, 2.45) is 11.3 Å². The molecule has 0 unspecified atom stereocenters. The second-order valence-corrected chi connectivity index (χ2v) is 10.9. The lowest BCUT2D eigenvalue weighted by Gasteiger charge is -2.21. The number of carbonyl (C=O) groups excluding carboxylic acids is 2. The summed E-state index contributed by atoms with van der Waals surface area (Å²) in [7, 11) is 1.38. The van der Waals surface area contributed by atoms with E-state index in [9.17, 15) is 18.4 Å². The van der Waals surface area contributed by atoms with Crippen LogP contribution in [0.3, 0.4) is 0 Å². The lowest BCUT2D eigenvalue weighted by atomic mass is 9.93. The molecule has 0 aromatic carbocycles. The van der Waals surface area contributed by atoms with Gasteiger partial charge in [-0.15, -0.1) is 10.2 Å². The Bertz CT molecular complexity index is 1480. The summed E-state index contributed by atoms with van der Waals surface area (Å²) in [4.78, 5) is 35.8. The Morgan fingerprint density at radius 2 is 2.00 bits per heavy atom. The van der Waals surface area contributed by atoms with Crippen molar-refractivity contribution in [2.45, 2.75) is 39.5 Å². The third-order valence-corrected chi connectivity index (χ3v) is 6.91. The number of amides is 2. The van der Waals surface area contributed by atoms with Crippen molar-refractivity contribution in [3.8, 4) is 28.7 Å². The maximum absolute atomic E-state index is 13.6. The largest absolute Gasteiger partial charge is 0.494 e. The van der Waals surface area contributed by atoms with Crippen molar-refractivity contribution < 1.29 is 23.1 Å². The highest BCUT2D eigenvalue weighted by atomic mass is 32.1. The fourth-order valence-electron chi connectivity index (χ4n) is 4.11. The number of hydrogen-bond donors (Lipinski definition) is 1. The van der Waals surface area contributed by atoms with Crippen LogP contribution in [0.5, 0.6) is 5.75 Å². The van der Waals surface area contributed by atoms with E-state index in [1.165, 1.54) is 36.5 Å². The number of carbonyl (C=O) groups is 2. The maximum atomic E-state index is 13.6. The highest BCUT2D eigenvalue weighted by Gasteiger charge is 2.37. The lowest BCUT2D eigenvalue weighted by molar-refractivity contribution is -0.117. The Morgan fingerprint density at radius 1 is 1.21 bits per heavy atom. The van der Waals surface area contributed by atoms with E-state index in [4.69, 9.17) is 4.74 Å². The van der Waals surface area contributed by atoms with Gasteiger partial charge in [0.15, 0.2) is 5.01 Å². The predicted octanol–water partition coefficient (Wildman–Crippen LogP) is 4.72. The molecule has 2 aliphatic rings. The van der Waals surface area contributed by atoms with Crippen LogP contribution >= 0.6 is 11.3 Å². The van der Waals surface area contributed by atoms with Crippen molar-refractivity contribution in [3.63, 3.8) is 0 Å². The van der Waals surface area contributed by atoms with Crippen molar-refractivity contribution >= 4 is 34.1 Å². The summed E-state index contributed by atoms with van der Waals surface area (Å²) >= 11 is 1.13. The molecule has 2 fully saturated rings. The van der Waals surface area contributed by atoms with E-state index in [1.807, 2.05) is 13.8 Å². The summed E-state index contributed by atoms with van der Waals surface area (Å²) in [5.74, 6) is 6.23. The topological polar surface area (TPSA) is 110 Å². The third kappa shape index (κ3) is 5.47. The number of hydrogen-bond acceptors (Lipinski definition) is 8. The summed E-state index contributed by atoms with van der Waals surface area (Å²) in [5, 5.41) is 11.4. The molecule has 1 N–H and O–H groups in total. The second-order valence-electron chi connectivity index (χ2n) is 9.93.